The van der Waals surface area contributed by atoms with Crippen molar-refractivity contribution in [3.8, 4) is 0 Å². The van der Waals surface area contributed by atoms with Crippen LogP contribution in [-0.2, 0) is 11.8 Å². The Morgan fingerprint density at radius 1 is 1.45 bits per heavy atom. The van der Waals surface area contributed by atoms with Gasteiger partial charge in [-0.25, -0.2) is 0 Å². The van der Waals surface area contributed by atoms with Crippen molar-refractivity contribution in [3.05, 3.63) is 16.4 Å². The van der Waals surface area contributed by atoms with Crippen molar-refractivity contribution in [1.29, 1.82) is 0 Å². The third kappa shape index (κ3) is 4.23. The number of carbonyl (C=O) groups is 2. The Balaban J connectivity index is 2.84. The van der Waals surface area contributed by atoms with Crippen molar-refractivity contribution in [1.82, 2.24) is 15.1 Å². The molecule has 7 heteroatoms. The molecule has 1 heterocycles. The summed E-state index contributed by atoms with van der Waals surface area (Å²) in [5.41, 5.74) is 0.821. The summed E-state index contributed by atoms with van der Waals surface area (Å²) in [7, 11) is 1.70. The van der Waals surface area contributed by atoms with Crippen LogP contribution in [0.3, 0.4) is 0 Å². The fourth-order valence-corrected chi connectivity index (χ4v) is 2.20. The van der Waals surface area contributed by atoms with Crippen LogP contribution in [0.1, 0.15) is 42.9 Å². The quantitative estimate of drug-likeness (QED) is 0.841. The highest BCUT2D eigenvalue weighted by Crippen LogP contribution is 2.19. The van der Waals surface area contributed by atoms with Crippen molar-refractivity contribution < 1.29 is 14.7 Å². The maximum atomic E-state index is 12.1. The van der Waals surface area contributed by atoms with Gasteiger partial charge in [-0.2, -0.15) is 5.10 Å². The Morgan fingerprint density at radius 2 is 2.05 bits per heavy atom. The lowest BCUT2D eigenvalue weighted by Gasteiger charge is -2.18. The van der Waals surface area contributed by atoms with E-state index in [1.807, 2.05) is 13.8 Å². The molecular formula is C13H20ClN3O3. The van der Waals surface area contributed by atoms with Crippen molar-refractivity contribution in [3.63, 3.8) is 0 Å². The van der Waals surface area contributed by atoms with Crippen LogP contribution in [0.2, 0.25) is 5.02 Å². The molecule has 0 bridgehead atoms. The minimum Gasteiger partial charge on any atom is -0.481 e. The zero-order valence-corrected chi connectivity index (χ0v) is 12.9. The number of aliphatic carboxylic acids is 1. The molecule has 1 atom stereocenters. The molecule has 0 radical (unpaired) electrons. The van der Waals surface area contributed by atoms with Gasteiger partial charge in [0.05, 0.1) is 17.1 Å². The highest BCUT2D eigenvalue weighted by atomic mass is 35.5. The first-order chi connectivity index (χ1) is 9.22. The van der Waals surface area contributed by atoms with Crippen molar-refractivity contribution in [2.75, 3.05) is 0 Å². The van der Waals surface area contributed by atoms with E-state index in [1.165, 1.54) is 4.68 Å². The van der Waals surface area contributed by atoms with E-state index in [0.29, 0.717) is 17.1 Å². The minimum atomic E-state index is -0.945. The predicted octanol–water partition coefficient (Wildman–Crippen LogP) is 2.00. The Morgan fingerprint density at radius 3 is 2.45 bits per heavy atom. The van der Waals surface area contributed by atoms with Crippen LogP contribution in [0.5, 0.6) is 0 Å². The first-order valence-corrected chi connectivity index (χ1v) is 6.81. The number of hydrogen-bond acceptors (Lipinski definition) is 3. The minimum absolute atomic E-state index is 0.118. The van der Waals surface area contributed by atoms with E-state index < -0.39 is 17.9 Å². The lowest BCUT2D eigenvalue weighted by atomic mass is 10.0. The molecule has 1 aromatic rings. The van der Waals surface area contributed by atoms with Crippen molar-refractivity contribution in [2.24, 2.45) is 13.0 Å². The van der Waals surface area contributed by atoms with Crippen molar-refractivity contribution in [2.45, 2.75) is 39.7 Å². The highest BCUT2D eigenvalue weighted by molar-refractivity contribution is 6.34. The average Bonchev–Trinajstić information content (AvgIpc) is 2.55. The van der Waals surface area contributed by atoms with Gasteiger partial charge in [-0.15, -0.1) is 0 Å². The summed E-state index contributed by atoms with van der Waals surface area (Å²) in [5, 5.41) is 15.9. The van der Waals surface area contributed by atoms with E-state index in [9.17, 15) is 9.59 Å². The molecule has 0 aromatic carbocycles. The summed E-state index contributed by atoms with van der Waals surface area (Å²) in [5.74, 6) is -1.11. The monoisotopic (exact) mass is 301 g/mol. The molecule has 2 N–H and O–H groups in total. The summed E-state index contributed by atoms with van der Waals surface area (Å²) in [4.78, 5) is 23.0. The van der Waals surface area contributed by atoms with Crippen LogP contribution in [-0.4, -0.2) is 32.8 Å². The molecule has 20 heavy (non-hydrogen) atoms. The van der Waals surface area contributed by atoms with E-state index in [0.717, 1.165) is 0 Å². The standard InChI is InChI=1S/C13H20ClN3O3/c1-7(2)5-9(6-10(18)19)15-13(20)12-11(14)8(3)17(4)16-12/h7,9H,5-6H2,1-4H3,(H,15,20)(H,18,19). The van der Waals surface area contributed by atoms with E-state index in [2.05, 4.69) is 10.4 Å². The molecule has 0 fully saturated rings. The number of nitrogens with one attached hydrogen (secondary N) is 1. The van der Waals surface area contributed by atoms with Gasteiger partial charge in [0.1, 0.15) is 0 Å². The first-order valence-electron chi connectivity index (χ1n) is 6.44. The van der Waals surface area contributed by atoms with Gasteiger partial charge in [0.25, 0.3) is 5.91 Å². The SMILES string of the molecule is Cc1c(Cl)c(C(=O)NC(CC(=O)O)CC(C)C)nn1C. The molecule has 1 unspecified atom stereocenters. The van der Waals surface area contributed by atoms with Crippen LogP contribution in [0.25, 0.3) is 0 Å². The summed E-state index contributed by atoms with van der Waals surface area (Å²) >= 11 is 6.04. The van der Waals surface area contributed by atoms with E-state index in [4.69, 9.17) is 16.7 Å². The Kier molecular flexibility index (Phi) is 5.56. The molecule has 0 saturated carbocycles. The first kappa shape index (κ1) is 16.5. The second-order valence-electron chi connectivity index (χ2n) is 5.27. The Bertz CT molecular complexity index is 511. The lowest BCUT2D eigenvalue weighted by molar-refractivity contribution is -0.137. The smallest absolute Gasteiger partial charge is 0.305 e. The van der Waals surface area contributed by atoms with E-state index in [1.54, 1.807) is 14.0 Å². The van der Waals surface area contributed by atoms with Crippen LogP contribution in [0, 0.1) is 12.8 Å². The third-order valence-electron chi connectivity index (χ3n) is 2.99. The highest BCUT2D eigenvalue weighted by Gasteiger charge is 2.23. The number of nitrogens with zero attached hydrogens (tertiary/aromatic N) is 2. The van der Waals surface area contributed by atoms with E-state index in [-0.39, 0.29) is 18.0 Å². The summed E-state index contributed by atoms with van der Waals surface area (Å²) < 4.78 is 1.52. The number of carbonyl (C=O) groups excluding carboxylic acids is 1. The average molecular weight is 302 g/mol. The molecule has 1 amide bonds. The number of aryl methyl sites for hydroxylation is 1. The summed E-state index contributed by atoms with van der Waals surface area (Å²) in [6.07, 6.45) is 0.467. The Labute approximate surface area is 123 Å². The fourth-order valence-electron chi connectivity index (χ4n) is 1.95. The lowest BCUT2D eigenvalue weighted by Crippen LogP contribution is -2.37. The van der Waals surface area contributed by atoms with Crippen LogP contribution in [0.4, 0.5) is 0 Å². The Hall–Kier alpha value is -1.56. The zero-order valence-electron chi connectivity index (χ0n) is 12.1. The van der Waals surface area contributed by atoms with Gasteiger partial charge in [-0.3, -0.25) is 14.3 Å². The van der Waals surface area contributed by atoms with Crippen LogP contribution >= 0.6 is 11.6 Å². The van der Waals surface area contributed by atoms with Gasteiger partial charge in [-0.05, 0) is 19.3 Å². The van der Waals surface area contributed by atoms with E-state index >= 15 is 0 Å². The molecule has 0 aliphatic heterocycles. The molecule has 0 aliphatic rings. The number of aromatic nitrogens is 2. The zero-order chi connectivity index (χ0) is 15.4. The third-order valence-corrected chi connectivity index (χ3v) is 3.44. The van der Waals surface area contributed by atoms with Gasteiger partial charge >= 0.3 is 5.97 Å². The fraction of sp³-hybridized carbons (Fsp3) is 0.615. The van der Waals surface area contributed by atoms with Gasteiger partial charge in [-0.1, -0.05) is 25.4 Å². The molecule has 0 saturated heterocycles. The van der Waals surface area contributed by atoms with Crippen LogP contribution < -0.4 is 5.32 Å². The number of halogens is 1. The number of hydrogen-bond donors (Lipinski definition) is 2. The van der Waals surface area contributed by atoms with Crippen LogP contribution in [0.15, 0.2) is 0 Å². The van der Waals surface area contributed by atoms with Gasteiger partial charge in [0, 0.05) is 13.1 Å². The van der Waals surface area contributed by atoms with Gasteiger partial charge < -0.3 is 10.4 Å². The second-order valence-corrected chi connectivity index (χ2v) is 5.65. The molecule has 0 aliphatic carbocycles. The summed E-state index contributed by atoms with van der Waals surface area (Å²) in [6.45, 7) is 5.70. The maximum absolute atomic E-state index is 12.1. The molecule has 1 rings (SSSR count). The van der Waals surface area contributed by atoms with Gasteiger partial charge in [0.2, 0.25) is 0 Å². The number of rotatable bonds is 6. The second kappa shape index (κ2) is 6.74. The largest absolute Gasteiger partial charge is 0.481 e. The topological polar surface area (TPSA) is 84.2 Å². The maximum Gasteiger partial charge on any atom is 0.305 e. The molecule has 1 aromatic heterocycles. The molecule has 112 valence electrons. The number of carboxylic acid groups (broad SMARTS) is 1. The van der Waals surface area contributed by atoms with Crippen molar-refractivity contribution >= 4 is 23.5 Å². The number of carboxylic acids is 1. The summed E-state index contributed by atoms with van der Waals surface area (Å²) in [6, 6.07) is -0.432. The normalized spacial score (nSPS) is 12.5. The number of amides is 1. The predicted molar refractivity (Wildman–Crippen MR) is 75.9 cm³/mol. The molecular weight excluding hydrogens is 282 g/mol. The molecule has 0 spiro atoms. The van der Waals surface area contributed by atoms with Gasteiger partial charge in [0.15, 0.2) is 5.69 Å². The molecule has 6 nitrogen and oxygen atoms in total.